The molecule has 1 nitrogen and oxygen atoms in total. The van der Waals surface area contributed by atoms with Crippen molar-refractivity contribution in [3.05, 3.63) is 320 Å². The lowest BCUT2D eigenvalue weighted by Gasteiger charge is -2.24. The number of nitrogens with zero attached hydrogens (tertiary/aromatic N) is 1. The van der Waals surface area contributed by atoms with E-state index in [0.717, 1.165) is 12.1 Å². The third-order valence-electron chi connectivity index (χ3n) is 19.0. The van der Waals surface area contributed by atoms with Gasteiger partial charge in [0.05, 0.1) is 11.2 Å². The standard InChI is InChI=1S/C87H57NS2/c1-54-45-74-67-42-37-63(73-48-64(57-25-11-4-12-26-57)50-78-75-46-61(55-21-7-2-8-22-55)38-43-82(75)89-86(73)78)52-80(67)88(66-40-35-60(36-41-66)85-70-33-19-17-31-68(70)84(59-29-15-6-16-30-59)69-32-18-20-34-71(69)85)81(74)53-72(54)77-49-65(58-27-13-5-14-28-58)51-79-76-47-62(56-23-9-3-10-24-56)39-44-83(76)90-87(77)79/h2-44,46-54H,45H2,1H3. The van der Waals surface area contributed by atoms with Crippen molar-refractivity contribution in [2.24, 2.45) is 5.92 Å². The second-order valence-electron chi connectivity index (χ2n) is 24.3. The first kappa shape index (κ1) is 52.4. The Bertz CT molecular complexity index is 5660. The molecule has 3 aromatic heterocycles. The Morgan fingerprint density at radius 2 is 0.689 bits per heavy atom. The molecule has 0 saturated heterocycles. The minimum atomic E-state index is 0.236. The molecule has 3 heteroatoms. The van der Waals surface area contributed by atoms with Crippen molar-refractivity contribution < 1.29 is 0 Å². The molecule has 422 valence electrons. The monoisotopic (exact) mass is 1180 g/mol. The van der Waals surface area contributed by atoms with E-state index in [-0.39, 0.29) is 5.92 Å². The number of rotatable bonds is 9. The molecule has 0 radical (unpaired) electrons. The Kier molecular flexibility index (Phi) is 12.4. The summed E-state index contributed by atoms with van der Waals surface area (Å²) in [5.41, 5.74) is 24.9. The molecule has 0 N–H and O–H groups in total. The van der Waals surface area contributed by atoms with Crippen LogP contribution >= 0.6 is 22.7 Å². The molecule has 0 spiro atoms. The van der Waals surface area contributed by atoms with Crippen LogP contribution in [0, 0.1) is 5.92 Å². The summed E-state index contributed by atoms with van der Waals surface area (Å²) in [4.78, 5) is 0. The highest BCUT2D eigenvalue weighted by Gasteiger charge is 2.29. The van der Waals surface area contributed by atoms with Gasteiger partial charge >= 0.3 is 0 Å². The quantitative estimate of drug-likeness (QED) is 0.127. The van der Waals surface area contributed by atoms with Gasteiger partial charge in [-0.1, -0.05) is 244 Å². The molecular weight excluding hydrogens is 1120 g/mol. The van der Waals surface area contributed by atoms with Crippen LogP contribution in [0.1, 0.15) is 23.7 Å². The van der Waals surface area contributed by atoms with Crippen LogP contribution < -0.4 is 0 Å². The number of benzene rings is 14. The van der Waals surface area contributed by atoms with Crippen molar-refractivity contribution in [2.75, 3.05) is 0 Å². The molecule has 0 amide bonds. The molecule has 14 aromatic carbocycles. The summed E-state index contributed by atoms with van der Waals surface area (Å²) < 4.78 is 7.84. The number of fused-ring (bicyclic) bond motifs is 11. The van der Waals surface area contributed by atoms with E-state index in [2.05, 4.69) is 321 Å². The van der Waals surface area contributed by atoms with Crippen LogP contribution in [0.4, 0.5) is 0 Å². The summed E-state index contributed by atoms with van der Waals surface area (Å²) in [6.07, 6.45) is 3.48. The normalized spacial score (nSPS) is 13.3. The van der Waals surface area contributed by atoms with E-state index in [0.29, 0.717) is 0 Å². The smallest absolute Gasteiger partial charge is 0.0543 e. The summed E-state index contributed by atoms with van der Waals surface area (Å²) in [7, 11) is 0. The lowest BCUT2D eigenvalue weighted by molar-refractivity contribution is 0.739. The van der Waals surface area contributed by atoms with Gasteiger partial charge in [-0.3, -0.25) is 0 Å². The second-order valence-corrected chi connectivity index (χ2v) is 26.4. The first-order valence-corrected chi connectivity index (χ1v) is 32.9. The molecule has 1 atom stereocenters. The van der Waals surface area contributed by atoms with E-state index in [1.54, 1.807) is 0 Å². The summed E-state index contributed by atoms with van der Waals surface area (Å²) in [5, 5.41) is 11.5. The number of hydrogen-bond acceptors (Lipinski definition) is 2. The first-order chi connectivity index (χ1) is 44.5. The van der Waals surface area contributed by atoms with E-state index >= 15 is 0 Å². The van der Waals surface area contributed by atoms with Crippen molar-refractivity contribution in [3.63, 3.8) is 0 Å². The summed E-state index contributed by atoms with van der Waals surface area (Å²) in [5.74, 6) is 0.236. The maximum atomic E-state index is 2.60. The topological polar surface area (TPSA) is 4.93 Å². The maximum absolute atomic E-state index is 2.60. The zero-order valence-corrected chi connectivity index (χ0v) is 51.1. The Balaban J connectivity index is 0.873. The third-order valence-corrected chi connectivity index (χ3v) is 21.5. The Morgan fingerprint density at radius 3 is 1.18 bits per heavy atom. The van der Waals surface area contributed by atoms with E-state index in [1.165, 1.54) is 173 Å². The molecule has 0 bridgehead atoms. The number of thiophene rings is 2. The van der Waals surface area contributed by atoms with Crippen molar-refractivity contribution in [1.82, 2.24) is 4.57 Å². The van der Waals surface area contributed by atoms with Gasteiger partial charge in [0.1, 0.15) is 0 Å². The molecule has 1 aliphatic rings. The van der Waals surface area contributed by atoms with Crippen LogP contribution in [0.3, 0.4) is 0 Å². The van der Waals surface area contributed by atoms with Gasteiger partial charge in [-0.25, -0.2) is 0 Å². The first-order valence-electron chi connectivity index (χ1n) is 31.2. The fourth-order valence-electron chi connectivity index (χ4n) is 14.8. The van der Waals surface area contributed by atoms with Crippen LogP contribution in [0.5, 0.6) is 0 Å². The fourth-order valence-corrected chi connectivity index (χ4v) is 17.2. The van der Waals surface area contributed by atoms with Crippen LogP contribution in [0.15, 0.2) is 303 Å². The van der Waals surface area contributed by atoms with E-state index in [1.807, 2.05) is 22.7 Å². The molecule has 17 aromatic rings. The van der Waals surface area contributed by atoms with Crippen molar-refractivity contribution >= 4 is 107 Å². The highest BCUT2D eigenvalue weighted by atomic mass is 32.1. The average Bonchev–Trinajstić information content (AvgIpc) is 1.43. The van der Waals surface area contributed by atoms with Crippen LogP contribution in [0.25, 0.3) is 168 Å². The molecule has 0 saturated carbocycles. The molecule has 1 aliphatic carbocycles. The van der Waals surface area contributed by atoms with Gasteiger partial charge in [0.2, 0.25) is 0 Å². The van der Waals surface area contributed by atoms with Gasteiger partial charge in [0.15, 0.2) is 0 Å². The molecule has 90 heavy (non-hydrogen) atoms. The third kappa shape index (κ3) is 8.64. The van der Waals surface area contributed by atoms with Gasteiger partial charge in [-0.15, -0.1) is 22.7 Å². The number of aromatic nitrogens is 1. The van der Waals surface area contributed by atoms with Gasteiger partial charge < -0.3 is 4.57 Å². The predicted octanol–water partition coefficient (Wildman–Crippen LogP) is 25.1. The Morgan fingerprint density at radius 1 is 0.300 bits per heavy atom. The molecule has 0 fully saturated rings. The zero-order valence-electron chi connectivity index (χ0n) is 49.5. The number of hydrogen-bond donors (Lipinski definition) is 0. The van der Waals surface area contributed by atoms with E-state index in [9.17, 15) is 0 Å². The minimum absolute atomic E-state index is 0.236. The summed E-state index contributed by atoms with van der Waals surface area (Å²) in [6, 6.07) is 113. The van der Waals surface area contributed by atoms with Gasteiger partial charge in [0.25, 0.3) is 0 Å². The van der Waals surface area contributed by atoms with Crippen molar-refractivity contribution in [3.8, 4) is 83.6 Å². The second kappa shape index (κ2) is 21.3. The fraction of sp³-hybridized carbons (Fsp3) is 0.0345. The van der Waals surface area contributed by atoms with Crippen molar-refractivity contribution in [1.29, 1.82) is 0 Å². The highest BCUT2D eigenvalue weighted by molar-refractivity contribution is 7.26. The highest BCUT2D eigenvalue weighted by Crippen LogP contribution is 2.51. The van der Waals surface area contributed by atoms with Gasteiger partial charge in [-0.05, 0) is 196 Å². The minimum Gasteiger partial charge on any atom is -0.310 e. The van der Waals surface area contributed by atoms with Gasteiger partial charge in [0, 0.05) is 57.0 Å². The zero-order chi connectivity index (χ0) is 59.4. The number of allylic oxidation sites excluding steroid dienone is 1. The summed E-state index contributed by atoms with van der Waals surface area (Å²) >= 11 is 3.84. The SMILES string of the molecule is CC1Cc2c(n(-c3ccc(-c4c5ccccc5c(-c5ccccc5)c5ccccc45)cc3)c3cc(-c4cc(-c5ccccc5)cc5c4sc4ccc(-c6ccccc6)cc45)ccc23)C=C1c1cc(-c2ccccc2)cc2c1sc1ccc(-c3ccccc3)cc12. The predicted molar refractivity (Wildman–Crippen MR) is 389 cm³/mol. The summed E-state index contributed by atoms with van der Waals surface area (Å²) in [6.45, 7) is 2.46. The lowest BCUT2D eigenvalue weighted by atomic mass is 9.81. The Hall–Kier alpha value is -10.7. The molecule has 18 rings (SSSR count). The van der Waals surface area contributed by atoms with E-state index < -0.39 is 0 Å². The van der Waals surface area contributed by atoms with Crippen LogP contribution in [-0.4, -0.2) is 4.57 Å². The molecular formula is C87H57NS2. The average molecular weight is 1180 g/mol. The Labute approximate surface area is 531 Å². The molecule has 3 heterocycles. The largest absolute Gasteiger partial charge is 0.310 e. The van der Waals surface area contributed by atoms with E-state index in [4.69, 9.17) is 0 Å². The maximum Gasteiger partial charge on any atom is 0.0543 e. The molecule has 1 unspecified atom stereocenters. The molecule has 0 aliphatic heterocycles. The van der Waals surface area contributed by atoms with Crippen molar-refractivity contribution in [2.45, 2.75) is 13.3 Å². The van der Waals surface area contributed by atoms with Gasteiger partial charge in [-0.2, -0.15) is 0 Å². The lowest BCUT2D eigenvalue weighted by Crippen LogP contribution is -2.11. The van der Waals surface area contributed by atoms with Crippen LogP contribution in [-0.2, 0) is 6.42 Å². The van der Waals surface area contributed by atoms with Crippen LogP contribution in [0.2, 0.25) is 0 Å².